The normalized spacial score (nSPS) is 25.4. The van der Waals surface area contributed by atoms with Crippen LogP contribution in [0.4, 0.5) is 0 Å². The Morgan fingerprint density at radius 1 is 1.38 bits per heavy atom. The number of fused-ring (bicyclic) bond motifs is 1. The number of aromatic nitrogens is 1. The molecule has 4 heteroatoms. The van der Waals surface area contributed by atoms with Crippen LogP contribution in [0.15, 0.2) is 22.7 Å². The van der Waals surface area contributed by atoms with Gasteiger partial charge in [0.05, 0.1) is 15.2 Å². The van der Waals surface area contributed by atoms with Gasteiger partial charge in [-0.25, -0.2) is 4.98 Å². The molecule has 0 saturated heterocycles. The number of nitrogens with zero attached hydrogens (tertiary/aromatic N) is 1. The Labute approximate surface area is 107 Å². The number of nitrogens with two attached hydrogens (primary N) is 1. The summed E-state index contributed by atoms with van der Waals surface area (Å²) in [4.78, 5) is 4.71. The Morgan fingerprint density at radius 2 is 2.25 bits per heavy atom. The van der Waals surface area contributed by atoms with E-state index in [2.05, 4.69) is 34.1 Å². The highest BCUT2D eigenvalue weighted by atomic mass is 79.9. The van der Waals surface area contributed by atoms with Crippen LogP contribution < -0.4 is 5.73 Å². The van der Waals surface area contributed by atoms with Crippen molar-refractivity contribution in [3.63, 3.8) is 0 Å². The lowest BCUT2D eigenvalue weighted by atomic mass is 10.1. The van der Waals surface area contributed by atoms with Gasteiger partial charge in [0.1, 0.15) is 0 Å². The van der Waals surface area contributed by atoms with Crippen LogP contribution in [0, 0.1) is 0 Å². The van der Waals surface area contributed by atoms with Crippen LogP contribution >= 0.6 is 27.3 Å². The average molecular weight is 297 g/mol. The minimum Gasteiger partial charge on any atom is -0.327 e. The van der Waals surface area contributed by atoms with Gasteiger partial charge in [0.15, 0.2) is 0 Å². The number of rotatable bonds is 1. The van der Waals surface area contributed by atoms with Crippen LogP contribution in [0.3, 0.4) is 0 Å². The predicted octanol–water partition coefficient (Wildman–Crippen LogP) is 3.65. The molecule has 0 spiro atoms. The van der Waals surface area contributed by atoms with Crippen LogP contribution in [0.5, 0.6) is 0 Å². The zero-order chi connectivity index (χ0) is 11.1. The molecule has 2 aromatic rings. The van der Waals surface area contributed by atoms with Gasteiger partial charge in [-0.3, -0.25) is 0 Å². The Hall–Kier alpha value is -0.450. The maximum Gasteiger partial charge on any atom is 0.0984 e. The third-order valence-electron chi connectivity index (χ3n) is 3.25. The van der Waals surface area contributed by atoms with Crippen LogP contribution in [0.1, 0.15) is 30.2 Å². The lowest BCUT2D eigenvalue weighted by molar-refractivity contribution is 0.611. The van der Waals surface area contributed by atoms with Crippen LogP contribution in [-0.2, 0) is 0 Å². The first-order chi connectivity index (χ1) is 7.74. The summed E-state index contributed by atoms with van der Waals surface area (Å²) in [5.74, 6) is 0.483. The van der Waals surface area contributed by atoms with Gasteiger partial charge in [0, 0.05) is 16.4 Å². The van der Waals surface area contributed by atoms with E-state index in [1.807, 2.05) is 0 Å². The molecule has 2 nitrogen and oxygen atoms in total. The van der Waals surface area contributed by atoms with Crippen molar-refractivity contribution in [2.75, 3.05) is 0 Å². The van der Waals surface area contributed by atoms with Gasteiger partial charge in [-0.05, 0) is 31.0 Å². The van der Waals surface area contributed by atoms with E-state index in [9.17, 15) is 0 Å². The molecular weight excluding hydrogens is 284 g/mol. The molecule has 1 aromatic heterocycles. The summed E-state index contributed by atoms with van der Waals surface area (Å²) in [5.41, 5.74) is 7.21. The second-order valence-corrected chi connectivity index (χ2v) is 6.34. The molecule has 1 fully saturated rings. The van der Waals surface area contributed by atoms with Gasteiger partial charge in [-0.15, -0.1) is 11.3 Å². The minimum atomic E-state index is 0.309. The monoisotopic (exact) mass is 296 g/mol. The minimum absolute atomic E-state index is 0.309. The molecule has 1 saturated carbocycles. The fraction of sp³-hybridized carbons (Fsp3) is 0.417. The van der Waals surface area contributed by atoms with Gasteiger partial charge < -0.3 is 5.73 Å². The molecule has 1 aromatic carbocycles. The number of hydrogen-bond donors (Lipinski definition) is 1. The molecule has 1 heterocycles. The molecule has 1 aliphatic carbocycles. The number of halogens is 1. The topological polar surface area (TPSA) is 38.9 Å². The Kier molecular flexibility index (Phi) is 2.73. The van der Waals surface area contributed by atoms with Crippen molar-refractivity contribution in [3.8, 4) is 0 Å². The van der Waals surface area contributed by atoms with E-state index >= 15 is 0 Å². The van der Waals surface area contributed by atoms with Gasteiger partial charge in [-0.1, -0.05) is 22.4 Å². The summed E-state index contributed by atoms with van der Waals surface area (Å²) in [6.07, 6.45) is 3.58. The lowest BCUT2D eigenvalue weighted by Crippen LogP contribution is -2.22. The quantitative estimate of drug-likeness (QED) is 0.872. The third kappa shape index (κ3) is 1.79. The largest absolute Gasteiger partial charge is 0.327 e. The van der Waals surface area contributed by atoms with E-state index in [-0.39, 0.29) is 0 Å². The van der Waals surface area contributed by atoms with Gasteiger partial charge in [0.2, 0.25) is 0 Å². The maximum atomic E-state index is 6.12. The molecule has 0 aliphatic heterocycles. The lowest BCUT2D eigenvalue weighted by Gasteiger charge is -2.10. The van der Waals surface area contributed by atoms with Crippen molar-refractivity contribution in [1.82, 2.24) is 4.98 Å². The third-order valence-corrected chi connectivity index (χ3v) is 4.91. The second kappa shape index (κ2) is 4.09. The molecule has 16 heavy (non-hydrogen) atoms. The molecule has 0 amide bonds. The van der Waals surface area contributed by atoms with E-state index in [0.717, 1.165) is 16.4 Å². The molecule has 3 rings (SSSR count). The van der Waals surface area contributed by atoms with Crippen molar-refractivity contribution in [2.45, 2.75) is 31.2 Å². The fourth-order valence-electron chi connectivity index (χ4n) is 2.37. The van der Waals surface area contributed by atoms with Gasteiger partial charge >= 0.3 is 0 Å². The van der Waals surface area contributed by atoms with Crippen molar-refractivity contribution in [1.29, 1.82) is 0 Å². The summed E-state index contributed by atoms with van der Waals surface area (Å²) in [7, 11) is 0. The standard InChI is InChI=1S/C12H13BrN2S/c13-7-4-5-11-10(6-7)15-12(16-11)8-2-1-3-9(8)14/h4-6,8-9H,1-3,14H2. The molecule has 2 N–H and O–H groups in total. The van der Waals surface area contributed by atoms with E-state index in [0.29, 0.717) is 12.0 Å². The highest BCUT2D eigenvalue weighted by molar-refractivity contribution is 9.10. The maximum absolute atomic E-state index is 6.12. The number of thiazole rings is 1. The molecular formula is C12H13BrN2S. The Morgan fingerprint density at radius 3 is 3.00 bits per heavy atom. The van der Waals surface area contributed by atoms with Crippen molar-refractivity contribution in [2.24, 2.45) is 5.73 Å². The zero-order valence-electron chi connectivity index (χ0n) is 8.82. The Bertz CT molecular complexity index is 523. The van der Waals surface area contributed by atoms with E-state index in [1.165, 1.54) is 22.5 Å². The molecule has 0 radical (unpaired) electrons. The predicted molar refractivity (Wildman–Crippen MR) is 71.9 cm³/mol. The van der Waals surface area contributed by atoms with E-state index in [1.54, 1.807) is 11.3 Å². The fourth-order valence-corrected chi connectivity index (χ4v) is 3.88. The highest BCUT2D eigenvalue weighted by Crippen LogP contribution is 2.37. The summed E-state index contributed by atoms with van der Waals surface area (Å²) >= 11 is 5.27. The first kappa shape index (κ1) is 10.7. The summed E-state index contributed by atoms with van der Waals surface area (Å²) in [6, 6.07) is 6.58. The van der Waals surface area contributed by atoms with Crippen molar-refractivity contribution in [3.05, 3.63) is 27.7 Å². The summed E-state index contributed by atoms with van der Waals surface area (Å²) in [5, 5.41) is 1.22. The second-order valence-electron chi connectivity index (χ2n) is 4.37. The zero-order valence-corrected chi connectivity index (χ0v) is 11.2. The van der Waals surface area contributed by atoms with Crippen molar-refractivity contribution < 1.29 is 0 Å². The van der Waals surface area contributed by atoms with E-state index in [4.69, 9.17) is 10.7 Å². The van der Waals surface area contributed by atoms with Crippen LogP contribution in [0.2, 0.25) is 0 Å². The SMILES string of the molecule is NC1CCCC1c1nc2cc(Br)ccc2s1. The first-order valence-corrected chi connectivity index (χ1v) is 7.16. The summed E-state index contributed by atoms with van der Waals surface area (Å²) < 4.78 is 2.35. The van der Waals surface area contributed by atoms with Crippen molar-refractivity contribution >= 4 is 37.5 Å². The van der Waals surface area contributed by atoms with Crippen LogP contribution in [-0.4, -0.2) is 11.0 Å². The first-order valence-electron chi connectivity index (χ1n) is 5.55. The van der Waals surface area contributed by atoms with Gasteiger partial charge in [-0.2, -0.15) is 0 Å². The van der Waals surface area contributed by atoms with Gasteiger partial charge in [0.25, 0.3) is 0 Å². The molecule has 1 aliphatic rings. The summed E-state index contributed by atoms with van der Waals surface area (Å²) in [6.45, 7) is 0. The molecule has 84 valence electrons. The number of hydrogen-bond acceptors (Lipinski definition) is 3. The smallest absolute Gasteiger partial charge is 0.0984 e. The molecule has 2 atom stereocenters. The van der Waals surface area contributed by atoms with Crippen LogP contribution in [0.25, 0.3) is 10.2 Å². The number of benzene rings is 1. The molecule has 2 unspecified atom stereocenters. The average Bonchev–Trinajstić information content (AvgIpc) is 2.82. The van der Waals surface area contributed by atoms with E-state index < -0.39 is 0 Å². The molecule has 0 bridgehead atoms. The Balaban J connectivity index is 2.04. The highest BCUT2D eigenvalue weighted by Gasteiger charge is 2.28.